The van der Waals surface area contributed by atoms with Crippen molar-refractivity contribution in [3.05, 3.63) is 35.4 Å². The third-order valence-electron chi connectivity index (χ3n) is 3.76. The molecular formula is C13H17ClN2O. The van der Waals surface area contributed by atoms with Gasteiger partial charge in [-0.1, -0.05) is 24.3 Å². The molecule has 4 atom stereocenters. The molecule has 92 valence electrons. The lowest BCUT2D eigenvalue weighted by molar-refractivity contribution is -0.122. The van der Waals surface area contributed by atoms with E-state index in [1.54, 1.807) is 6.92 Å². The first kappa shape index (κ1) is 12.4. The van der Waals surface area contributed by atoms with Crippen LogP contribution >= 0.6 is 12.4 Å². The van der Waals surface area contributed by atoms with Crippen LogP contribution in [0.5, 0.6) is 0 Å². The molecule has 3 rings (SSSR count). The van der Waals surface area contributed by atoms with Gasteiger partial charge >= 0.3 is 0 Å². The minimum absolute atomic E-state index is 0. The Balaban J connectivity index is 0.00000108. The monoisotopic (exact) mass is 252 g/mol. The maximum Gasteiger partial charge on any atom is 0.236 e. The summed E-state index contributed by atoms with van der Waals surface area (Å²) in [4.78, 5) is 11.5. The Morgan fingerprint density at radius 2 is 2.18 bits per heavy atom. The van der Waals surface area contributed by atoms with Gasteiger partial charge in [-0.2, -0.15) is 0 Å². The number of hydrogen-bond acceptors (Lipinski definition) is 2. The van der Waals surface area contributed by atoms with Crippen LogP contribution in [0.1, 0.15) is 24.0 Å². The molecular weight excluding hydrogens is 236 g/mol. The zero-order valence-corrected chi connectivity index (χ0v) is 10.5. The van der Waals surface area contributed by atoms with Crippen molar-refractivity contribution >= 4 is 18.3 Å². The summed E-state index contributed by atoms with van der Waals surface area (Å²) < 4.78 is 0. The van der Waals surface area contributed by atoms with Crippen LogP contribution in [0.2, 0.25) is 0 Å². The van der Waals surface area contributed by atoms with Crippen LogP contribution in [0.15, 0.2) is 24.3 Å². The number of benzene rings is 1. The normalized spacial score (nSPS) is 29.6. The summed E-state index contributed by atoms with van der Waals surface area (Å²) in [6, 6.07) is 8.44. The molecule has 4 heteroatoms. The fourth-order valence-electron chi connectivity index (χ4n) is 2.84. The van der Waals surface area contributed by atoms with E-state index >= 15 is 0 Å². The number of fused-ring (bicyclic) bond motifs is 3. The van der Waals surface area contributed by atoms with Crippen LogP contribution < -0.4 is 11.1 Å². The van der Waals surface area contributed by atoms with Gasteiger partial charge in [0, 0.05) is 12.0 Å². The fraction of sp³-hybridized carbons (Fsp3) is 0.462. The third kappa shape index (κ3) is 1.94. The van der Waals surface area contributed by atoms with Crippen molar-refractivity contribution in [1.82, 2.24) is 5.32 Å². The standard InChI is InChI=1S/C13H16N2O.ClH/c1-7(14)13(16)15-12-10-6-8-4-2-3-5-9(8)11(10)12;/h2-5,7,10-12H,6,14H2,1H3,(H,15,16);1H/t7-,10?,11?,12?;/m0./s1. The number of carbonyl (C=O) groups is 1. The second-order valence-corrected chi connectivity index (χ2v) is 4.92. The summed E-state index contributed by atoms with van der Waals surface area (Å²) in [5.41, 5.74) is 8.41. The highest BCUT2D eigenvalue weighted by molar-refractivity contribution is 5.85. The molecule has 2 aliphatic carbocycles. The number of nitrogens with two attached hydrogens (primary N) is 1. The third-order valence-corrected chi connectivity index (χ3v) is 3.76. The number of amides is 1. The van der Waals surface area contributed by atoms with Gasteiger partial charge < -0.3 is 11.1 Å². The molecule has 1 fully saturated rings. The molecule has 3 unspecified atom stereocenters. The lowest BCUT2D eigenvalue weighted by Crippen LogP contribution is -2.40. The van der Waals surface area contributed by atoms with Crippen LogP contribution in [0.3, 0.4) is 0 Å². The lowest BCUT2D eigenvalue weighted by Gasteiger charge is -2.11. The molecule has 0 saturated heterocycles. The molecule has 3 N–H and O–H groups in total. The Morgan fingerprint density at radius 3 is 2.88 bits per heavy atom. The highest BCUT2D eigenvalue weighted by Gasteiger charge is 2.56. The van der Waals surface area contributed by atoms with Crippen LogP contribution in [0.4, 0.5) is 0 Å². The molecule has 0 bridgehead atoms. The quantitative estimate of drug-likeness (QED) is 0.831. The average molecular weight is 253 g/mol. The number of halogens is 1. The van der Waals surface area contributed by atoms with Crippen molar-refractivity contribution in [3.63, 3.8) is 0 Å². The van der Waals surface area contributed by atoms with Gasteiger partial charge in [0.2, 0.25) is 5.91 Å². The van der Waals surface area contributed by atoms with Gasteiger partial charge in [0.1, 0.15) is 0 Å². The Labute approximate surface area is 107 Å². The molecule has 0 aliphatic heterocycles. The van der Waals surface area contributed by atoms with Crippen LogP contribution in [0.25, 0.3) is 0 Å². The lowest BCUT2D eigenvalue weighted by atomic mass is 10.1. The maximum absolute atomic E-state index is 11.5. The van der Waals surface area contributed by atoms with Gasteiger partial charge in [-0.05, 0) is 30.4 Å². The largest absolute Gasteiger partial charge is 0.351 e. The molecule has 1 aromatic carbocycles. The van der Waals surface area contributed by atoms with Gasteiger partial charge in [-0.15, -0.1) is 12.4 Å². The molecule has 1 aromatic rings. The number of nitrogens with one attached hydrogen (secondary N) is 1. The Bertz CT molecular complexity index is 447. The SMILES string of the molecule is C[C@H](N)C(=O)NC1C2Cc3ccccc3C21.Cl. The van der Waals surface area contributed by atoms with Crippen LogP contribution in [0, 0.1) is 5.92 Å². The predicted molar refractivity (Wildman–Crippen MR) is 69.2 cm³/mol. The van der Waals surface area contributed by atoms with E-state index in [-0.39, 0.29) is 18.3 Å². The van der Waals surface area contributed by atoms with E-state index in [9.17, 15) is 4.79 Å². The van der Waals surface area contributed by atoms with Gasteiger partial charge in [-0.25, -0.2) is 0 Å². The molecule has 1 amide bonds. The van der Waals surface area contributed by atoms with E-state index in [1.165, 1.54) is 11.1 Å². The molecule has 17 heavy (non-hydrogen) atoms. The molecule has 1 saturated carbocycles. The Kier molecular flexibility index (Phi) is 3.15. The Morgan fingerprint density at radius 1 is 1.47 bits per heavy atom. The van der Waals surface area contributed by atoms with Crippen molar-refractivity contribution in [2.45, 2.75) is 31.3 Å². The molecule has 0 aromatic heterocycles. The molecule has 0 heterocycles. The first-order valence-electron chi connectivity index (χ1n) is 5.82. The number of carbonyl (C=O) groups excluding carboxylic acids is 1. The smallest absolute Gasteiger partial charge is 0.236 e. The van der Waals surface area contributed by atoms with E-state index in [1.807, 2.05) is 0 Å². The summed E-state index contributed by atoms with van der Waals surface area (Å²) in [7, 11) is 0. The minimum Gasteiger partial charge on any atom is -0.351 e. The van der Waals surface area contributed by atoms with Crippen molar-refractivity contribution < 1.29 is 4.79 Å². The van der Waals surface area contributed by atoms with Crippen LogP contribution in [-0.4, -0.2) is 18.0 Å². The zero-order chi connectivity index (χ0) is 11.3. The summed E-state index contributed by atoms with van der Waals surface area (Å²) in [6.45, 7) is 1.72. The second kappa shape index (κ2) is 4.31. The van der Waals surface area contributed by atoms with Crippen molar-refractivity contribution in [3.8, 4) is 0 Å². The van der Waals surface area contributed by atoms with Crippen molar-refractivity contribution in [2.24, 2.45) is 11.7 Å². The second-order valence-electron chi connectivity index (χ2n) is 4.92. The average Bonchev–Trinajstić information content (AvgIpc) is 2.79. The number of rotatable bonds is 2. The summed E-state index contributed by atoms with van der Waals surface area (Å²) in [6.07, 6.45) is 1.10. The summed E-state index contributed by atoms with van der Waals surface area (Å²) in [5, 5.41) is 3.03. The summed E-state index contributed by atoms with van der Waals surface area (Å²) in [5.74, 6) is 1.12. The molecule has 2 aliphatic rings. The summed E-state index contributed by atoms with van der Waals surface area (Å²) >= 11 is 0. The predicted octanol–water partition coefficient (Wildman–Crippen LogP) is 1.21. The van der Waals surface area contributed by atoms with Gasteiger partial charge in [0.25, 0.3) is 0 Å². The highest BCUT2D eigenvalue weighted by atomic mass is 35.5. The maximum atomic E-state index is 11.5. The van der Waals surface area contributed by atoms with E-state index in [2.05, 4.69) is 29.6 Å². The molecule has 3 nitrogen and oxygen atoms in total. The highest BCUT2D eigenvalue weighted by Crippen LogP contribution is 2.56. The van der Waals surface area contributed by atoms with Crippen LogP contribution in [-0.2, 0) is 11.2 Å². The number of hydrogen-bond donors (Lipinski definition) is 2. The van der Waals surface area contributed by atoms with E-state index in [0.717, 1.165) is 6.42 Å². The molecule has 0 spiro atoms. The Hall–Kier alpha value is -1.06. The zero-order valence-electron chi connectivity index (χ0n) is 9.72. The van der Waals surface area contributed by atoms with Crippen molar-refractivity contribution in [2.75, 3.05) is 0 Å². The van der Waals surface area contributed by atoms with Gasteiger partial charge in [-0.3, -0.25) is 4.79 Å². The van der Waals surface area contributed by atoms with E-state index in [4.69, 9.17) is 5.73 Å². The topological polar surface area (TPSA) is 55.1 Å². The van der Waals surface area contributed by atoms with E-state index in [0.29, 0.717) is 17.9 Å². The van der Waals surface area contributed by atoms with Crippen molar-refractivity contribution in [1.29, 1.82) is 0 Å². The minimum atomic E-state index is -0.406. The first-order chi connectivity index (χ1) is 7.68. The molecule has 0 radical (unpaired) electrons. The van der Waals surface area contributed by atoms with Gasteiger partial charge in [0.05, 0.1) is 6.04 Å². The van der Waals surface area contributed by atoms with E-state index < -0.39 is 6.04 Å². The first-order valence-corrected chi connectivity index (χ1v) is 5.82. The van der Waals surface area contributed by atoms with Gasteiger partial charge in [0.15, 0.2) is 0 Å². The fourth-order valence-corrected chi connectivity index (χ4v) is 2.84.